The second-order valence-electron chi connectivity index (χ2n) is 8.64. The van der Waals surface area contributed by atoms with Gasteiger partial charge in [0.05, 0.1) is 22.0 Å². The van der Waals surface area contributed by atoms with E-state index in [2.05, 4.69) is 27.1 Å². The molecule has 2 aromatic rings. The van der Waals surface area contributed by atoms with Gasteiger partial charge in [0, 0.05) is 57.9 Å². The van der Waals surface area contributed by atoms with Gasteiger partial charge in [0.2, 0.25) is 15.9 Å². The molecule has 1 aliphatic rings. The molecule has 1 aromatic carbocycles. The van der Waals surface area contributed by atoms with Crippen molar-refractivity contribution in [1.82, 2.24) is 19.0 Å². The number of carbonyl (C=O) groups is 1. The first kappa shape index (κ1) is 26.2. The second kappa shape index (κ2) is 11.3. The number of aryl methyl sites for hydroxylation is 3. The van der Waals surface area contributed by atoms with Crippen LogP contribution in [-0.4, -0.2) is 79.1 Å². The molecule has 10 heteroatoms. The van der Waals surface area contributed by atoms with E-state index in [9.17, 15) is 13.2 Å². The summed E-state index contributed by atoms with van der Waals surface area (Å²) in [6.07, 6.45) is 0.248. The summed E-state index contributed by atoms with van der Waals surface area (Å²) in [5, 5.41) is 7.42. The molecule has 0 radical (unpaired) electrons. The van der Waals surface area contributed by atoms with Crippen molar-refractivity contribution in [3.63, 3.8) is 0 Å². The predicted octanol–water partition coefficient (Wildman–Crippen LogP) is 2.70. The molecule has 1 aromatic heterocycles. The standard InChI is InChI=1S/C24H38N6O3S/c1-6-27-13-15-28(16-14-27)23-10-9-21(34(32,33)29(7-2)8-3)18-22(23)25-24(31)11-12-30-20(5)17-19(4)26-30/h9-10,17-18H,6-8,11-16H2,1-5H3,(H,25,31). The van der Waals surface area contributed by atoms with E-state index in [1.54, 1.807) is 12.1 Å². The van der Waals surface area contributed by atoms with Crippen LogP contribution in [0.4, 0.5) is 11.4 Å². The van der Waals surface area contributed by atoms with Crippen molar-refractivity contribution in [2.75, 3.05) is 56.0 Å². The number of nitrogens with one attached hydrogen (secondary N) is 1. The first-order valence-corrected chi connectivity index (χ1v) is 13.6. The third-order valence-electron chi connectivity index (χ3n) is 6.40. The summed E-state index contributed by atoms with van der Waals surface area (Å²) < 4.78 is 29.5. The molecule has 0 bridgehead atoms. The van der Waals surface area contributed by atoms with E-state index in [1.807, 2.05) is 44.5 Å². The zero-order valence-electron chi connectivity index (χ0n) is 21.0. The van der Waals surface area contributed by atoms with Crippen molar-refractivity contribution in [1.29, 1.82) is 0 Å². The normalized spacial score (nSPS) is 15.2. The van der Waals surface area contributed by atoms with Gasteiger partial charge >= 0.3 is 0 Å². The quantitative estimate of drug-likeness (QED) is 0.551. The number of nitrogens with zero attached hydrogens (tertiary/aromatic N) is 5. The largest absolute Gasteiger partial charge is 0.367 e. The summed E-state index contributed by atoms with van der Waals surface area (Å²) in [6, 6.07) is 7.07. The van der Waals surface area contributed by atoms with Gasteiger partial charge in [0.25, 0.3) is 0 Å². The van der Waals surface area contributed by atoms with E-state index in [-0.39, 0.29) is 17.2 Å². The number of anilines is 2. The van der Waals surface area contributed by atoms with E-state index in [0.29, 0.717) is 25.3 Å². The van der Waals surface area contributed by atoms with Crippen LogP contribution in [0.15, 0.2) is 29.2 Å². The Labute approximate surface area is 203 Å². The van der Waals surface area contributed by atoms with Gasteiger partial charge in [0.1, 0.15) is 0 Å². The van der Waals surface area contributed by atoms with Crippen LogP contribution in [0.3, 0.4) is 0 Å². The SMILES string of the molecule is CCN1CCN(c2ccc(S(=O)(=O)N(CC)CC)cc2NC(=O)CCn2nc(C)cc2C)CC1. The van der Waals surface area contributed by atoms with Crippen molar-refractivity contribution in [3.8, 4) is 0 Å². The lowest BCUT2D eigenvalue weighted by Gasteiger charge is -2.36. The Balaban J connectivity index is 1.86. The molecule has 1 N–H and O–H groups in total. The van der Waals surface area contributed by atoms with Crippen LogP contribution in [0.2, 0.25) is 0 Å². The first-order valence-electron chi connectivity index (χ1n) is 12.1. The monoisotopic (exact) mass is 490 g/mol. The molecule has 2 heterocycles. The molecule has 9 nitrogen and oxygen atoms in total. The van der Waals surface area contributed by atoms with Gasteiger partial charge in [-0.3, -0.25) is 9.48 Å². The molecule has 3 rings (SSSR count). The summed E-state index contributed by atoms with van der Waals surface area (Å²) in [6.45, 7) is 15.5. The number of rotatable bonds is 10. The highest BCUT2D eigenvalue weighted by Gasteiger charge is 2.25. The van der Waals surface area contributed by atoms with Crippen molar-refractivity contribution in [2.24, 2.45) is 0 Å². The Kier molecular flexibility index (Phi) is 8.72. The number of hydrogen-bond donors (Lipinski definition) is 1. The molecule has 0 aliphatic carbocycles. The van der Waals surface area contributed by atoms with Crippen LogP contribution in [0.5, 0.6) is 0 Å². The number of piperazine rings is 1. The predicted molar refractivity (Wildman–Crippen MR) is 136 cm³/mol. The molecular weight excluding hydrogens is 452 g/mol. The molecule has 1 amide bonds. The fraction of sp³-hybridized carbons (Fsp3) is 0.583. The van der Waals surface area contributed by atoms with E-state index >= 15 is 0 Å². The smallest absolute Gasteiger partial charge is 0.243 e. The van der Waals surface area contributed by atoms with E-state index < -0.39 is 10.0 Å². The van der Waals surface area contributed by atoms with E-state index in [1.165, 1.54) is 4.31 Å². The lowest BCUT2D eigenvalue weighted by molar-refractivity contribution is -0.116. The van der Waals surface area contributed by atoms with E-state index in [4.69, 9.17) is 0 Å². The van der Waals surface area contributed by atoms with Crippen LogP contribution in [0.1, 0.15) is 38.6 Å². The highest BCUT2D eigenvalue weighted by atomic mass is 32.2. The topological polar surface area (TPSA) is 90.8 Å². The van der Waals surface area contributed by atoms with Crippen molar-refractivity contribution in [2.45, 2.75) is 52.5 Å². The van der Waals surface area contributed by atoms with Gasteiger partial charge < -0.3 is 15.1 Å². The molecule has 1 fully saturated rings. The Bertz CT molecular complexity index is 1090. The number of sulfonamides is 1. The number of likely N-dealkylation sites (N-methyl/N-ethyl adjacent to an activating group) is 1. The average molecular weight is 491 g/mol. The first-order chi connectivity index (χ1) is 16.2. The van der Waals surface area contributed by atoms with Crippen LogP contribution in [0, 0.1) is 13.8 Å². The Morgan fingerprint density at radius 1 is 1.06 bits per heavy atom. The third kappa shape index (κ3) is 5.97. The van der Waals surface area contributed by atoms with Crippen molar-refractivity contribution < 1.29 is 13.2 Å². The second-order valence-corrected chi connectivity index (χ2v) is 10.6. The summed E-state index contributed by atoms with van der Waals surface area (Å²) >= 11 is 0. The minimum Gasteiger partial charge on any atom is -0.367 e. The molecule has 0 spiro atoms. The summed E-state index contributed by atoms with van der Waals surface area (Å²) in [4.78, 5) is 17.7. The molecule has 34 heavy (non-hydrogen) atoms. The zero-order chi connectivity index (χ0) is 24.9. The maximum absolute atomic E-state index is 13.1. The Hall–Kier alpha value is -2.43. The lowest BCUT2D eigenvalue weighted by atomic mass is 10.2. The maximum atomic E-state index is 13.1. The number of amides is 1. The van der Waals surface area contributed by atoms with Gasteiger partial charge in [-0.1, -0.05) is 20.8 Å². The van der Waals surface area contributed by atoms with Crippen LogP contribution < -0.4 is 10.2 Å². The fourth-order valence-corrected chi connectivity index (χ4v) is 5.88. The van der Waals surface area contributed by atoms with Gasteiger partial charge in [-0.05, 0) is 44.7 Å². The Morgan fingerprint density at radius 3 is 2.29 bits per heavy atom. The highest BCUT2D eigenvalue weighted by molar-refractivity contribution is 7.89. The van der Waals surface area contributed by atoms with Crippen LogP contribution in [0.25, 0.3) is 0 Å². The number of benzene rings is 1. The van der Waals surface area contributed by atoms with Crippen LogP contribution in [-0.2, 0) is 21.4 Å². The van der Waals surface area contributed by atoms with Crippen LogP contribution >= 0.6 is 0 Å². The van der Waals surface area contributed by atoms with Crippen molar-refractivity contribution in [3.05, 3.63) is 35.7 Å². The molecular formula is C24H38N6O3S. The van der Waals surface area contributed by atoms with Crippen molar-refractivity contribution >= 4 is 27.3 Å². The minimum atomic E-state index is -3.64. The molecule has 1 aliphatic heterocycles. The van der Waals surface area contributed by atoms with Gasteiger partial charge in [-0.2, -0.15) is 9.40 Å². The number of hydrogen-bond acceptors (Lipinski definition) is 6. The summed E-state index contributed by atoms with van der Waals surface area (Å²) in [5.74, 6) is -0.168. The molecule has 188 valence electrons. The van der Waals surface area contributed by atoms with E-state index in [0.717, 1.165) is 49.8 Å². The fourth-order valence-electron chi connectivity index (χ4n) is 4.39. The summed E-state index contributed by atoms with van der Waals surface area (Å²) in [5.41, 5.74) is 3.32. The molecule has 0 unspecified atom stereocenters. The number of carbonyl (C=O) groups excluding carboxylic acids is 1. The summed E-state index contributed by atoms with van der Waals surface area (Å²) in [7, 11) is -3.64. The maximum Gasteiger partial charge on any atom is 0.243 e. The van der Waals surface area contributed by atoms with Gasteiger partial charge in [-0.15, -0.1) is 0 Å². The van der Waals surface area contributed by atoms with Gasteiger partial charge in [-0.25, -0.2) is 8.42 Å². The number of aromatic nitrogens is 2. The molecule has 0 saturated carbocycles. The average Bonchev–Trinajstić information content (AvgIpc) is 3.15. The molecule has 0 atom stereocenters. The molecule has 1 saturated heterocycles. The minimum absolute atomic E-state index is 0.168. The zero-order valence-corrected chi connectivity index (χ0v) is 21.9. The Morgan fingerprint density at radius 2 is 1.74 bits per heavy atom. The highest BCUT2D eigenvalue weighted by Crippen LogP contribution is 2.31. The van der Waals surface area contributed by atoms with Gasteiger partial charge in [0.15, 0.2) is 0 Å². The lowest BCUT2D eigenvalue weighted by Crippen LogP contribution is -2.46. The third-order valence-corrected chi connectivity index (χ3v) is 8.45.